The highest BCUT2D eigenvalue weighted by Gasteiger charge is 2.23. The van der Waals surface area contributed by atoms with Crippen molar-refractivity contribution < 1.29 is 9.90 Å². The minimum Gasteiger partial charge on any atom is -0.396 e. The third kappa shape index (κ3) is 3.59. The maximum atomic E-state index is 12.6. The van der Waals surface area contributed by atoms with Crippen molar-refractivity contribution in [3.63, 3.8) is 0 Å². The van der Waals surface area contributed by atoms with Crippen LogP contribution in [-0.4, -0.2) is 41.6 Å². The number of nitrogens with zero attached hydrogens (tertiary/aromatic N) is 2. The van der Waals surface area contributed by atoms with Crippen LogP contribution in [0.5, 0.6) is 0 Å². The molecule has 2 aromatic rings. The lowest BCUT2D eigenvalue weighted by atomic mass is 10.0. The fourth-order valence-corrected chi connectivity index (χ4v) is 2.94. The number of thiazole rings is 1. The number of nitrogens with one attached hydrogen (secondary N) is 1. The molecule has 0 saturated carbocycles. The second-order valence-electron chi connectivity index (χ2n) is 4.63. The maximum Gasteiger partial charge on any atom is 0.265 e. The Morgan fingerprint density at radius 3 is 2.71 bits per heavy atom. The van der Waals surface area contributed by atoms with Crippen LogP contribution < -0.4 is 5.32 Å². The molecule has 1 atom stereocenters. The molecule has 1 unspecified atom stereocenters. The number of amides is 1. The zero-order valence-electron chi connectivity index (χ0n) is 12.1. The lowest BCUT2D eigenvalue weighted by Crippen LogP contribution is -2.31. The summed E-state index contributed by atoms with van der Waals surface area (Å²) in [4.78, 5) is 18.9. The van der Waals surface area contributed by atoms with Gasteiger partial charge in [0, 0.05) is 20.7 Å². The largest absolute Gasteiger partial charge is 0.396 e. The van der Waals surface area contributed by atoms with Crippen LogP contribution in [0.1, 0.15) is 27.7 Å². The maximum absolute atomic E-state index is 12.6. The van der Waals surface area contributed by atoms with Gasteiger partial charge in [0.2, 0.25) is 0 Å². The number of aliphatic hydroxyl groups is 1. The van der Waals surface area contributed by atoms with Crippen molar-refractivity contribution in [2.75, 3.05) is 26.0 Å². The molecule has 112 valence electrons. The van der Waals surface area contributed by atoms with Crippen LogP contribution in [0.4, 0.5) is 5.13 Å². The second-order valence-corrected chi connectivity index (χ2v) is 5.67. The average Bonchev–Trinajstić information content (AvgIpc) is 3.01. The van der Waals surface area contributed by atoms with Crippen LogP contribution in [0.2, 0.25) is 0 Å². The molecule has 0 aliphatic carbocycles. The minimum atomic E-state index is -0.149. The Kier molecular flexibility index (Phi) is 5.30. The van der Waals surface area contributed by atoms with E-state index in [1.807, 2.05) is 30.3 Å². The van der Waals surface area contributed by atoms with Gasteiger partial charge in [0.15, 0.2) is 5.13 Å². The van der Waals surface area contributed by atoms with Gasteiger partial charge in [-0.05, 0) is 12.0 Å². The lowest BCUT2D eigenvalue weighted by molar-refractivity contribution is 0.0710. The minimum absolute atomic E-state index is 0.0294. The summed E-state index contributed by atoms with van der Waals surface area (Å²) in [6, 6.07) is 9.59. The standard InChI is InChI=1S/C15H19N3O2S/c1-16-15-17-10-13(21-15)14(20)18(2)12(8-9-19)11-6-4-3-5-7-11/h3-7,10,12,19H,8-9H2,1-2H3,(H,16,17). The van der Waals surface area contributed by atoms with Crippen molar-refractivity contribution in [3.05, 3.63) is 47.0 Å². The number of carbonyl (C=O) groups is 1. The molecule has 2 rings (SSSR count). The average molecular weight is 305 g/mol. The highest BCUT2D eigenvalue weighted by atomic mass is 32.1. The van der Waals surface area contributed by atoms with Crippen LogP contribution in [0.15, 0.2) is 36.5 Å². The van der Waals surface area contributed by atoms with Gasteiger partial charge in [-0.3, -0.25) is 4.79 Å². The second kappa shape index (κ2) is 7.19. The van der Waals surface area contributed by atoms with Gasteiger partial charge in [-0.1, -0.05) is 41.7 Å². The van der Waals surface area contributed by atoms with Gasteiger partial charge in [-0.2, -0.15) is 0 Å². The first-order valence-electron chi connectivity index (χ1n) is 6.74. The van der Waals surface area contributed by atoms with Crippen molar-refractivity contribution in [2.24, 2.45) is 0 Å². The molecule has 2 N–H and O–H groups in total. The lowest BCUT2D eigenvalue weighted by Gasteiger charge is -2.27. The number of aromatic nitrogens is 1. The van der Waals surface area contributed by atoms with Crippen molar-refractivity contribution in [1.82, 2.24) is 9.88 Å². The molecule has 5 nitrogen and oxygen atoms in total. The molecular weight excluding hydrogens is 286 g/mol. The third-order valence-corrected chi connectivity index (χ3v) is 4.31. The van der Waals surface area contributed by atoms with E-state index in [0.717, 1.165) is 5.56 Å². The summed E-state index contributed by atoms with van der Waals surface area (Å²) in [6.45, 7) is 0.0294. The molecule has 1 amide bonds. The Labute approximate surface area is 128 Å². The van der Waals surface area contributed by atoms with Crippen LogP contribution in [0, 0.1) is 0 Å². The summed E-state index contributed by atoms with van der Waals surface area (Å²) in [5.74, 6) is -0.0868. The van der Waals surface area contributed by atoms with E-state index in [1.165, 1.54) is 11.3 Å². The first-order chi connectivity index (χ1) is 10.2. The zero-order valence-corrected chi connectivity index (χ0v) is 12.9. The number of carbonyl (C=O) groups excluding carboxylic acids is 1. The molecule has 1 aromatic heterocycles. The molecule has 21 heavy (non-hydrogen) atoms. The van der Waals surface area contributed by atoms with Crippen LogP contribution in [0.25, 0.3) is 0 Å². The molecule has 0 bridgehead atoms. The normalized spacial score (nSPS) is 12.0. The summed E-state index contributed by atoms with van der Waals surface area (Å²) in [7, 11) is 3.53. The Bertz CT molecular complexity index is 586. The number of hydrogen-bond acceptors (Lipinski definition) is 5. The van der Waals surface area contributed by atoms with Gasteiger partial charge in [0.25, 0.3) is 5.91 Å². The number of hydrogen-bond donors (Lipinski definition) is 2. The highest BCUT2D eigenvalue weighted by molar-refractivity contribution is 7.17. The quantitative estimate of drug-likeness (QED) is 0.860. The SMILES string of the molecule is CNc1ncc(C(=O)N(C)C(CCO)c2ccccc2)s1. The van der Waals surface area contributed by atoms with Crippen molar-refractivity contribution in [1.29, 1.82) is 0 Å². The summed E-state index contributed by atoms with van der Waals surface area (Å²) in [6.07, 6.45) is 2.08. The molecule has 0 spiro atoms. The number of anilines is 1. The summed E-state index contributed by atoms with van der Waals surface area (Å²) in [5.41, 5.74) is 1.01. The van der Waals surface area contributed by atoms with Gasteiger partial charge < -0.3 is 15.3 Å². The Morgan fingerprint density at radius 1 is 1.43 bits per heavy atom. The van der Waals surface area contributed by atoms with Gasteiger partial charge in [0.1, 0.15) is 4.88 Å². The Balaban J connectivity index is 2.21. The summed E-state index contributed by atoms with van der Waals surface area (Å²) >= 11 is 1.32. The summed E-state index contributed by atoms with van der Waals surface area (Å²) < 4.78 is 0. The van der Waals surface area contributed by atoms with Crippen LogP contribution in [0.3, 0.4) is 0 Å². The van der Waals surface area contributed by atoms with Crippen molar-refractivity contribution in [3.8, 4) is 0 Å². The molecule has 1 aromatic carbocycles. The van der Waals surface area contributed by atoms with E-state index in [0.29, 0.717) is 16.4 Å². The van der Waals surface area contributed by atoms with E-state index < -0.39 is 0 Å². The topological polar surface area (TPSA) is 65.5 Å². The molecule has 0 saturated heterocycles. The van der Waals surface area contributed by atoms with Crippen molar-refractivity contribution in [2.45, 2.75) is 12.5 Å². The van der Waals surface area contributed by atoms with Gasteiger partial charge in [0.05, 0.1) is 12.2 Å². The number of rotatable bonds is 6. The van der Waals surface area contributed by atoms with Crippen LogP contribution in [-0.2, 0) is 0 Å². The smallest absolute Gasteiger partial charge is 0.265 e. The molecule has 0 aliphatic rings. The van der Waals surface area contributed by atoms with E-state index >= 15 is 0 Å². The van der Waals surface area contributed by atoms with E-state index in [9.17, 15) is 9.90 Å². The third-order valence-electron chi connectivity index (χ3n) is 3.31. The fourth-order valence-electron chi connectivity index (χ4n) is 2.19. The first-order valence-corrected chi connectivity index (χ1v) is 7.55. The molecule has 0 aliphatic heterocycles. The molecule has 0 radical (unpaired) electrons. The first kappa shape index (κ1) is 15.5. The van der Waals surface area contributed by atoms with Crippen LogP contribution >= 0.6 is 11.3 Å². The predicted molar refractivity (Wildman–Crippen MR) is 84.6 cm³/mol. The fraction of sp³-hybridized carbons (Fsp3) is 0.333. The van der Waals surface area contributed by atoms with E-state index in [2.05, 4.69) is 10.3 Å². The van der Waals surface area contributed by atoms with E-state index in [4.69, 9.17) is 0 Å². The predicted octanol–water partition coefficient (Wildman–Crippen LogP) is 2.38. The Morgan fingerprint density at radius 2 is 2.14 bits per heavy atom. The molecular formula is C15H19N3O2S. The molecule has 0 fully saturated rings. The zero-order chi connectivity index (χ0) is 15.2. The highest BCUT2D eigenvalue weighted by Crippen LogP contribution is 2.26. The molecule has 1 heterocycles. The van der Waals surface area contributed by atoms with Gasteiger partial charge in [-0.25, -0.2) is 4.98 Å². The van der Waals surface area contributed by atoms with E-state index in [1.54, 1.807) is 25.2 Å². The van der Waals surface area contributed by atoms with Crippen molar-refractivity contribution >= 4 is 22.4 Å². The summed E-state index contributed by atoms with van der Waals surface area (Å²) in [5, 5.41) is 12.9. The monoisotopic (exact) mass is 305 g/mol. The number of aliphatic hydroxyl groups excluding tert-OH is 1. The Hall–Kier alpha value is -1.92. The molecule has 6 heteroatoms. The number of benzene rings is 1. The van der Waals surface area contributed by atoms with Gasteiger partial charge in [-0.15, -0.1) is 0 Å². The van der Waals surface area contributed by atoms with E-state index in [-0.39, 0.29) is 18.6 Å². The van der Waals surface area contributed by atoms with Gasteiger partial charge >= 0.3 is 0 Å².